The first-order valence-corrected chi connectivity index (χ1v) is 10.7. The monoisotopic (exact) mass is 409 g/mol. The summed E-state index contributed by atoms with van der Waals surface area (Å²) in [4.78, 5) is 13.1. The molecular weight excluding hydrogens is 378 g/mol. The quantitative estimate of drug-likeness (QED) is 0.532. The van der Waals surface area contributed by atoms with Gasteiger partial charge in [-0.05, 0) is 62.1 Å². The summed E-state index contributed by atoms with van der Waals surface area (Å²) in [5, 5.41) is 11.5. The van der Waals surface area contributed by atoms with Gasteiger partial charge in [0.1, 0.15) is 11.6 Å². The average molecular weight is 410 g/mol. The SMILES string of the molecule is CCCC(C)n1ccc2cc(OCCc3ccc4c(n3)NCCC4)ccc21.O=CO. The largest absolute Gasteiger partial charge is 0.493 e. The zero-order valence-corrected chi connectivity index (χ0v) is 17.8. The molecule has 160 valence electrons. The first-order valence-electron chi connectivity index (χ1n) is 10.7. The van der Waals surface area contributed by atoms with Crippen molar-refractivity contribution in [3.05, 3.63) is 53.9 Å². The van der Waals surface area contributed by atoms with Gasteiger partial charge in [0.25, 0.3) is 6.47 Å². The van der Waals surface area contributed by atoms with Gasteiger partial charge in [-0.25, -0.2) is 4.98 Å². The third kappa shape index (κ3) is 5.32. The maximum atomic E-state index is 8.36. The normalized spacial score (nSPS) is 13.5. The number of benzene rings is 1. The number of nitrogens with one attached hydrogen (secondary N) is 1. The van der Waals surface area contributed by atoms with Crippen LogP contribution in [0.15, 0.2) is 42.6 Å². The van der Waals surface area contributed by atoms with Gasteiger partial charge in [-0.15, -0.1) is 0 Å². The van der Waals surface area contributed by atoms with Crippen LogP contribution in [0.4, 0.5) is 5.82 Å². The number of ether oxygens (including phenoxy) is 1. The van der Waals surface area contributed by atoms with E-state index in [0.29, 0.717) is 12.6 Å². The Morgan fingerprint density at radius 1 is 1.30 bits per heavy atom. The summed E-state index contributed by atoms with van der Waals surface area (Å²) in [6.45, 7) is 5.94. The summed E-state index contributed by atoms with van der Waals surface area (Å²) in [6.07, 6.45) is 7.74. The number of rotatable bonds is 7. The highest BCUT2D eigenvalue weighted by Gasteiger charge is 2.11. The molecule has 1 aromatic carbocycles. The standard InChI is InChI=1S/C23H29N3O.CH2O2/c1-3-5-17(2)26-14-11-19-16-21(9-10-22(19)26)27-15-12-20-8-7-18-6-4-13-24-23(18)25-20;2-1-3/h7-11,14,16-17H,3-6,12-13,15H2,1-2H3,(H,24,25);1H,(H,2,3). The van der Waals surface area contributed by atoms with E-state index in [1.165, 1.54) is 35.7 Å². The van der Waals surface area contributed by atoms with E-state index >= 15 is 0 Å². The van der Waals surface area contributed by atoms with E-state index in [0.717, 1.165) is 36.6 Å². The van der Waals surface area contributed by atoms with Crippen molar-refractivity contribution in [2.75, 3.05) is 18.5 Å². The highest BCUT2D eigenvalue weighted by Crippen LogP contribution is 2.26. The Balaban J connectivity index is 0.000000806. The number of fused-ring (bicyclic) bond motifs is 2. The van der Waals surface area contributed by atoms with Gasteiger partial charge in [0, 0.05) is 41.8 Å². The lowest BCUT2D eigenvalue weighted by molar-refractivity contribution is -0.122. The van der Waals surface area contributed by atoms with Gasteiger partial charge in [-0.1, -0.05) is 19.4 Å². The van der Waals surface area contributed by atoms with E-state index in [2.05, 4.69) is 66.3 Å². The van der Waals surface area contributed by atoms with Crippen molar-refractivity contribution in [2.45, 2.75) is 52.0 Å². The van der Waals surface area contributed by atoms with Crippen LogP contribution < -0.4 is 10.1 Å². The fourth-order valence-electron chi connectivity index (χ4n) is 3.95. The fourth-order valence-corrected chi connectivity index (χ4v) is 3.95. The van der Waals surface area contributed by atoms with E-state index in [1.54, 1.807) is 0 Å². The van der Waals surface area contributed by atoms with Gasteiger partial charge < -0.3 is 19.7 Å². The van der Waals surface area contributed by atoms with E-state index in [1.807, 2.05) is 0 Å². The second-order valence-corrected chi connectivity index (χ2v) is 7.63. The molecular formula is C24H31N3O3. The molecule has 3 heterocycles. The average Bonchev–Trinajstić information content (AvgIpc) is 3.18. The summed E-state index contributed by atoms with van der Waals surface area (Å²) in [5.41, 5.74) is 3.70. The number of aromatic nitrogens is 2. The molecule has 1 aliphatic heterocycles. The highest BCUT2D eigenvalue weighted by atomic mass is 16.5. The number of carbonyl (C=O) groups is 1. The Hall–Kier alpha value is -3.02. The van der Waals surface area contributed by atoms with Crippen molar-refractivity contribution in [1.29, 1.82) is 0 Å². The van der Waals surface area contributed by atoms with Crippen LogP contribution in [0.2, 0.25) is 0 Å². The molecule has 0 fully saturated rings. The first kappa shape index (κ1) is 21.7. The summed E-state index contributed by atoms with van der Waals surface area (Å²) < 4.78 is 8.38. The Labute approximate surface area is 177 Å². The molecule has 0 aliphatic carbocycles. The number of nitrogens with zero attached hydrogens (tertiary/aromatic N) is 2. The van der Waals surface area contributed by atoms with E-state index in [4.69, 9.17) is 19.6 Å². The van der Waals surface area contributed by atoms with Crippen molar-refractivity contribution >= 4 is 23.2 Å². The Kier molecular flexibility index (Phi) is 7.71. The van der Waals surface area contributed by atoms with Crippen LogP contribution >= 0.6 is 0 Å². The third-order valence-electron chi connectivity index (χ3n) is 5.45. The topological polar surface area (TPSA) is 76.4 Å². The van der Waals surface area contributed by atoms with Crippen LogP contribution in [0.1, 0.15) is 50.4 Å². The molecule has 0 bridgehead atoms. The molecule has 3 aromatic rings. The van der Waals surface area contributed by atoms with Crippen LogP contribution in [-0.4, -0.2) is 34.3 Å². The van der Waals surface area contributed by atoms with Gasteiger partial charge in [0.2, 0.25) is 0 Å². The van der Waals surface area contributed by atoms with Gasteiger partial charge in [-0.2, -0.15) is 0 Å². The maximum absolute atomic E-state index is 8.36. The number of pyridine rings is 1. The van der Waals surface area contributed by atoms with Gasteiger partial charge in [0.15, 0.2) is 0 Å². The first-order chi connectivity index (χ1) is 14.7. The molecule has 0 radical (unpaired) electrons. The van der Waals surface area contributed by atoms with Crippen molar-refractivity contribution in [2.24, 2.45) is 0 Å². The zero-order valence-electron chi connectivity index (χ0n) is 17.8. The Morgan fingerprint density at radius 2 is 2.13 bits per heavy atom. The van der Waals surface area contributed by atoms with E-state index in [9.17, 15) is 0 Å². The molecule has 6 nitrogen and oxygen atoms in total. The Bertz CT molecular complexity index is 967. The second-order valence-electron chi connectivity index (χ2n) is 7.63. The Morgan fingerprint density at radius 3 is 2.93 bits per heavy atom. The van der Waals surface area contributed by atoms with E-state index < -0.39 is 0 Å². The number of aryl methyl sites for hydroxylation is 1. The molecule has 1 aliphatic rings. The summed E-state index contributed by atoms with van der Waals surface area (Å²) in [6, 6.07) is 13.5. The van der Waals surface area contributed by atoms with Crippen molar-refractivity contribution in [3.8, 4) is 5.75 Å². The minimum atomic E-state index is -0.250. The summed E-state index contributed by atoms with van der Waals surface area (Å²) in [5.74, 6) is 1.99. The molecule has 0 saturated carbocycles. The van der Waals surface area contributed by atoms with Crippen LogP contribution in [0, 0.1) is 0 Å². The molecule has 30 heavy (non-hydrogen) atoms. The molecule has 0 amide bonds. The summed E-state index contributed by atoms with van der Waals surface area (Å²) in [7, 11) is 0. The lowest BCUT2D eigenvalue weighted by atomic mass is 10.1. The molecule has 6 heteroatoms. The van der Waals surface area contributed by atoms with Crippen molar-refractivity contribution in [3.63, 3.8) is 0 Å². The summed E-state index contributed by atoms with van der Waals surface area (Å²) >= 11 is 0. The predicted octanol–water partition coefficient (Wildman–Crippen LogP) is 5.08. The van der Waals surface area contributed by atoms with Gasteiger partial charge >= 0.3 is 0 Å². The molecule has 2 N–H and O–H groups in total. The number of carboxylic acid groups (broad SMARTS) is 1. The molecule has 0 spiro atoms. The lowest BCUT2D eigenvalue weighted by Crippen LogP contribution is -2.14. The van der Waals surface area contributed by atoms with Crippen molar-refractivity contribution in [1.82, 2.24) is 9.55 Å². The van der Waals surface area contributed by atoms with Gasteiger partial charge in [-0.3, -0.25) is 4.79 Å². The molecule has 0 saturated heterocycles. The number of hydrogen-bond donors (Lipinski definition) is 2. The molecule has 1 unspecified atom stereocenters. The number of anilines is 1. The van der Waals surface area contributed by atoms with Crippen molar-refractivity contribution < 1.29 is 14.6 Å². The second kappa shape index (κ2) is 10.7. The number of hydrogen-bond acceptors (Lipinski definition) is 4. The molecule has 2 aromatic heterocycles. The van der Waals surface area contributed by atoms with Gasteiger partial charge in [0.05, 0.1) is 6.61 Å². The van der Waals surface area contributed by atoms with Crippen LogP contribution in [0.3, 0.4) is 0 Å². The molecule has 1 atom stereocenters. The fraction of sp³-hybridized carbons (Fsp3) is 0.417. The zero-order chi connectivity index (χ0) is 21.3. The maximum Gasteiger partial charge on any atom is 0.290 e. The highest BCUT2D eigenvalue weighted by molar-refractivity contribution is 5.81. The lowest BCUT2D eigenvalue weighted by Gasteiger charge is -2.17. The van der Waals surface area contributed by atoms with Crippen LogP contribution in [0.25, 0.3) is 10.9 Å². The predicted molar refractivity (Wildman–Crippen MR) is 120 cm³/mol. The van der Waals surface area contributed by atoms with E-state index in [-0.39, 0.29) is 6.47 Å². The van der Waals surface area contributed by atoms with Crippen LogP contribution in [-0.2, 0) is 17.6 Å². The smallest absolute Gasteiger partial charge is 0.290 e. The third-order valence-corrected chi connectivity index (χ3v) is 5.45. The minimum Gasteiger partial charge on any atom is -0.493 e. The van der Waals surface area contributed by atoms with Crippen LogP contribution in [0.5, 0.6) is 5.75 Å². The minimum absolute atomic E-state index is 0.250. The molecule has 4 rings (SSSR count).